The van der Waals surface area contributed by atoms with Crippen LogP contribution in [0.3, 0.4) is 0 Å². The van der Waals surface area contributed by atoms with E-state index in [1.807, 2.05) is 30.3 Å². The Bertz CT molecular complexity index is 820. The Labute approximate surface area is 148 Å². The Morgan fingerprint density at radius 2 is 2.00 bits per heavy atom. The quantitative estimate of drug-likeness (QED) is 0.582. The summed E-state index contributed by atoms with van der Waals surface area (Å²) in [5, 5.41) is 0.560. The number of thiocarbonyl (C=S) groups is 1. The first-order valence-corrected chi connectivity index (χ1v) is 8.37. The molecule has 0 unspecified atom stereocenters. The number of ether oxygens (including phenoxy) is 1. The molecule has 1 fully saturated rings. The van der Waals surface area contributed by atoms with Crippen molar-refractivity contribution in [3.05, 3.63) is 64.0 Å². The predicted molar refractivity (Wildman–Crippen MR) is 100 cm³/mol. The summed E-state index contributed by atoms with van der Waals surface area (Å²) in [6.45, 7) is 0. The molecule has 0 spiro atoms. The molecule has 0 saturated carbocycles. The van der Waals surface area contributed by atoms with Crippen LogP contribution in [0.5, 0.6) is 5.75 Å². The molecule has 23 heavy (non-hydrogen) atoms. The summed E-state index contributed by atoms with van der Waals surface area (Å²) in [7, 11) is 1.60. The number of halogens is 1. The Kier molecular flexibility index (Phi) is 4.71. The minimum atomic E-state index is -0.159. The zero-order chi connectivity index (χ0) is 16.4. The van der Waals surface area contributed by atoms with Crippen LogP contribution in [0.1, 0.15) is 5.56 Å². The Morgan fingerprint density at radius 3 is 2.74 bits per heavy atom. The topological polar surface area (TPSA) is 29.5 Å². The highest BCUT2D eigenvalue weighted by molar-refractivity contribution is 8.27. The third-order valence-electron chi connectivity index (χ3n) is 3.29. The van der Waals surface area contributed by atoms with Gasteiger partial charge in [0.25, 0.3) is 5.91 Å². The summed E-state index contributed by atoms with van der Waals surface area (Å²) in [5.41, 5.74) is 1.50. The van der Waals surface area contributed by atoms with E-state index in [1.165, 1.54) is 16.7 Å². The lowest BCUT2D eigenvalue weighted by Crippen LogP contribution is -2.27. The highest BCUT2D eigenvalue weighted by atomic mass is 35.5. The third kappa shape index (κ3) is 3.27. The molecule has 0 aliphatic carbocycles. The van der Waals surface area contributed by atoms with Crippen molar-refractivity contribution in [2.45, 2.75) is 0 Å². The van der Waals surface area contributed by atoms with Crippen molar-refractivity contribution in [2.75, 3.05) is 12.0 Å². The molecule has 0 bridgehead atoms. The average molecular weight is 362 g/mol. The van der Waals surface area contributed by atoms with Crippen LogP contribution in [0, 0.1) is 0 Å². The van der Waals surface area contributed by atoms with Gasteiger partial charge >= 0.3 is 0 Å². The normalized spacial score (nSPS) is 16.3. The highest BCUT2D eigenvalue weighted by Crippen LogP contribution is 2.37. The van der Waals surface area contributed by atoms with Crippen molar-refractivity contribution >= 4 is 57.6 Å². The van der Waals surface area contributed by atoms with Crippen LogP contribution in [0.15, 0.2) is 53.4 Å². The molecule has 0 aromatic heterocycles. The van der Waals surface area contributed by atoms with Gasteiger partial charge in [0, 0.05) is 10.6 Å². The first-order valence-electron chi connectivity index (χ1n) is 6.76. The van der Waals surface area contributed by atoms with Crippen molar-refractivity contribution in [1.29, 1.82) is 0 Å². The number of anilines is 1. The van der Waals surface area contributed by atoms with Crippen LogP contribution in [0.25, 0.3) is 6.08 Å². The standard InChI is InChI=1S/C17H12ClNO2S2/c1-21-14-8-3-2-5-11(14)9-15-16(20)19(17(22)23-15)13-7-4-6-12(18)10-13/h2-10H,1H3. The number of amides is 1. The van der Waals surface area contributed by atoms with E-state index in [-0.39, 0.29) is 5.91 Å². The number of hydrogen-bond acceptors (Lipinski definition) is 4. The molecule has 2 aromatic rings. The van der Waals surface area contributed by atoms with Gasteiger partial charge in [-0.25, -0.2) is 0 Å². The van der Waals surface area contributed by atoms with Crippen molar-refractivity contribution in [1.82, 2.24) is 0 Å². The zero-order valence-electron chi connectivity index (χ0n) is 12.2. The summed E-state index contributed by atoms with van der Waals surface area (Å²) in [4.78, 5) is 14.7. The lowest BCUT2D eigenvalue weighted by Gasteiger charge is -2.14. The summed E-state index contributed by atoms with van der Waals surface area (Å²) >= 11 is 12.6. The molecule has 2 aromatic carbocycles. The van der Waals surface area contributed by atoms with Gasteiger partial charge < -0.3 is 4.74 Å². The Hall–Kier alpha value is -1.82. The maximum absolute atomic E-state index is 12.7. The number of para-hydroxylation sites is 1. The number of benzene rings is 2. The van der Waals surface area contributed by atoms with E-state index in [0.29, 0.717) is 25.7 Å². The van der Waals surface area contributed by atoms with E-state index < -0.39 is 0 Å². The fourth-order valence-corrected chi connectivity index (χ4v) is 3.71. The number of methoxy groups -OCH3 is 1. The smallest absolute Gasteiger partial charge is 0.270 e. The van der Waals surface area contributed by atoms with Gasteiger partial charge in [-0.3, -0.25) is 9.69 Å². The number of rotatable bonds is 3. The van der Waals surface area contributed by atoms with Gasteiger partial charge in [0.2, 0.25) is 0 Å². The maximum Gasteiger partial charge on any atom is 0.270 e. The molecule has 0 radical (unpaired) electrons. The van der Waals surface area contributed by atoms with Crippen LogP contribution < -0.4 is 9.64 Å². The minimum absolute atomic E-state index is 0.159. The van der Waals surface area contributed by atoms with Gasteiger partial charge in [0.05, 0.1) is 17.7 Å². The molecule has 3 nitrogen and oxygen atoms in total. The van der Waals surface area contributed by atoms with E-state index in [2.05, 4.69) is 0 Å². The molecule has 0 N–H and O–H groups in total. The van der Waals surface area contributed by atoms with Crippen molar-refractivity contribution < 1.29 is 9.53 Å². The first-order chi connectivity index (χ1) is 11.1. The van der Waals surface area contributed by atoms with E-state index in [1.54, 1.807) is 31.4 Å². The second kappa shape index (κ2) is 6.74. The van der Waals surface area contributed by atoms with Gasteiger partial charge in [0.15, 0.2) is 4.32 Å². The highest BCUT2D eigenvalue weighted by Gasteiger charge is 2.33. The van der Waals surface area contributed by atoms with Crippen molar-refractivity contribution in [2.24, 2.45) is 0 Å². The molecule has 1 amide bonds. The van der Waals surface area contributed by atoms with Gasteiger partial charge in [-0.2, -0.15) is 0 Å². The third-order valence-corrected chi connectivity index (χ3v) is 4.82. The fraction of sp³-hybridized carbons (Fsp3) is 0.0588. The zero-order valence-corrected chi connectivity index (χ0v) is 14.5. The largest absolute Gasteiger partial charge is 0.496 e. The molecule has 3 rings (SSSR count). The second-order valence-corrected chi connectivity index (χ2v) is 6.85. The van der Waals surface area contributed by atoms with E-state index in [0.717, 1.165) is 5.56 Å². The molecule has 1 aliphatic rings. The van der Waals surface area contributed by atoms with Crippen LogP contribution in [0.2, 0.25) is 5.02 Å². The molecule has 6 heteroatoms. The first kappa shape index (κ1) is 16.1. The number of thioether (sulfide) groups is 1. The number of carbonyl (C=O) groups excluding carboxylic acids is 1. The van der Waals surface area contributed by atoms with Gasteiger partial charge in [0.1, 0.15) is 5.75 Å². The summed E-state index contributed by atoms with van der Waals surface area (Å²) < 4.78 is 5.80. The molecule has 1 heterocycles. The van der Waals surface area contributed by atoms with Crippen molar-refractivity contribution in [3.8, 4) is 5.75 Å². The van der Waals surface area contributed by atoms with Crippen LogP contribution in [0.4, 0.5) is 5.69 Å². The molecule has 0 atom stereocenters. The predicted octanol–water partition coefficient (Wildman–Crippen LogP) is 4.75. The monoisotopic (exact) mass is 361 g/mol. The molecule has 116 valence electrons. The number of carbonyl (C=O) groups is 1. The number of nitrogens with zero attached hydrogens (tertiary/aromatic N) is 1. The van der Waals surface area contributed by atoms with Crippen molar-refractivity contribution in [3.63, 3.8) is 0 Å². The minimum Gasteiger partial charge on any atom is -0.496 e. The maximum atomic E-state index is 12.7. The summed E-state index contributed by atoms with van der Waals surface area (Å²) in [6, 6.07) is 14.6. The average Bonchev–Trinajstić information content (AvgIpc) is 2.82. The molecule has 1 aliphatic heterocycles. The second-order valence-electron chi connectivity index (χ2n) is 4.74. The fourth-order valence-electron chi connectivity index (χ4n) is 2.23. The van der Waals surface area contributed by atoms with E-state index in [9.17, 15) is 4.79 Å². The lowest BCUT2D eigenvalue weighted by molar-refractivity contribution is -0.113. The Morgan fingerprint density at radius 1 is 1.22 bits per heavy atom. The summed E-state index contributed by atoms with van der Waals surface area (Å²) in [5.74, 6) is 0.550. The van der Waals surface area contributed by atoms with Gasteiger partial charge in [-0.1, -0.05) is 59.8 Å². The number of hydrogen-bond donors (Lipinski definition) is 0. The van der Waals surface area contributed by atoms with Crippen LogP contribution >= 0.6 is 35.6 Å². The molecular weight excluding hydrogens is 350 g/mol. The van der Waals surface area contributed by atoms with Crippen LogP contribution in [-0.2, 0) is 4.79 Å². The summed E-state index contributed by atoms with van der Waals surface area (Å²) in [6.07, 6.45) is 1.79. The SMILES string of the molecule is COc1ccccc1C=C1SC(=S)N(c2cccc(Cl)c2)C1=O. The van der Waals surface area contributed by atoms with E-state index in [4.69, 9.17) is 28.6 Å². The van der Waals surface area contributed by atoms with Gasteiger partial charge in [-0.05, 0) is 30.3 Å². The molecule has 1 saturated heterocycles. The molecular formula is C17H12ClNO2S2. The van der Waals surface area contributed by atoms with Gasteiger partial charge in [-0.15, -0.1) is 0 Å². The van der Waals surface area contributed by atoms with E-state index >= 15 is 0 Å². The lowest BCUT2D eigenvalue weighted by atomic mass is 10.2. The van der Waals surface area contributed by atoms with Crippen LogP contribution in [-0.4, -0.2) is 17.3 Å². The Balaban J connectivity index is 1.97.